The van der Waals surface area contributed by atoms with E-state index in [0.717, 1.165) is 11.3 Å². The summed E-state index contributed by atoms with van der Waals surface area (Å²) in [5.74, 6) is 0.200. The third kappa shape index (κ3) is 2.34. The summed E-state index contributed by atoms with van der Waals surface area (Å²) in [5.41, 5.74) is 0. The Balaban J connectivity index is 2.27. The van der Waals surface area contributed by atoms with Crippen molar-refractivity contribution < 1.29 is 8.42 Å². The van der Waals surface area contributed by atoms with Crippen LogP contribution in [0.25, 0.3) is 0 Å². The van der Waals surface area contributed by atoms with Gasteiger partial charge in [0.25, 0.3) is 10.0 Å². The normalized spacial score (nSPS) is 11.2. The van der Waals surface area contributed by atoms with Crippen molar-refractivity contribution in [2.45, 2.75) is 4.21 Å². The number of anilines is 1. The Morgan fingerprint density at radius 1 is 1.40 bits per heavy atom. The zero-order chi connectivity index (χ0) is 10.7. The number of hydrogen-bond donors (Lipinski definition) is 1. The Hall–Kier alpha value is -1.40. The van der Waals surface area contributed by atoms with Crippen LogP contribution in [-0.2, 0) is 10.0 Å². The largest absolute Gasteiger partial charge is 0.272 e. The predicted molar refractivity (Wildman–Crippen MR) is 58.2 cm³/mol. The van der Waals surface area contributed by atoms with Gasteiger partial charge in [0.05, 0.1) is 0 Å². The van der Waals surface area contributed by atoms with Crippen LogP contribution in [-0.4, -0.2) is 13.4 Å². The number of pyridine rings is 1. The van der Waals surface area contributed by atoms with E-state index in [-0.39, 0.29) is 10.0 Å². The van der Waals surface area contributed by atoms with E-state index < -0.39 is 10.0 Å². The molecule has 2 aromatic heterocycles. The number of nitrogens with one attached hydrogen (secondary N) is 1. The Kier molecular flexibility index (Phi) is 2.70. The van der Waals surface area contributed by atoms with Gasteiger partial charge in [-0.15, -0.1) is 11.3 Å². The van der Waals surface area contributed by atoms with Gasteiger partial charge in [0.2, 0.25) is 0 Å². The molecule has 6 heteroatoms. The molecule has 0 fully saturated rings. The summed E-state index contributed by atoms with van der Waals surface area (Å²) in [5, 5.41) is 1.71. The van der Waals surface area contributed by atoms with E-state index in [4.69, 9.17) is 0 Å². The second-order valence-electron chi connectivity index (χ2n) is 2.67. The zero-order valence-corrected chi connectivity index (χ0v) is 9.18. The minimum Gasteiger partial charge on any atom is -0.262 e. The first-order chi connectivity index (χ1) is 7.18. The molecular formula is C9H7N2O2S2. The van der Waals surface area contributed by atoms with Crippen LogP contribution in [0.1, 0.15) is 0 Å². The average molecular weight is 239 g/mol. The second-order valence-corrected chi connectivity index (χ2v) is 5.52. The molecule has 4 nitrogen and oxygen atoms in total. The molecule has 0 bridgehead atoms. The van der Waals surface area contributed by atoms with E-state index in [1.807, 2.05) is 0 Å². The number of rotatable bonds is 3. The van der Waals surface area contributed by atoms with E-state index in [1.165, 1.54) is 12.3 Å². The van der Waals surface area contributed by atoms with Gasteiger partial charge in [-0.25, -0.2) is 13.4 Å². The molecule has 1 radical (unpaired) electrons. The lowest BCUT2D eigenvalue weighted by Crippen LogP contribution is -2.12. The fourth-order valence-electron chi connectivity index (χ4n) is 0.975. The summed E-state index contributed by atoms with van der Waals surface area (Å²) in [6, 6.07) is 9.18. The van der Waals surface area contributed by atoms with Crippen molar-refractivity contribution in [3.63, 3.8) is 0 Å². The zero-order valence-electron chi connectivity index (χ0n) is 7.54. The summed E-state index contributed by atoms with van der Waals surface area (Å²) in [4.78, 5) is 3.83. The minimum absolute atomic E-state index is 0.200. The fraction of sp³-hybridized carbons (Fsp3) is 0. The molecule has 0 unspecified atom stereocenters. The van der Waals surface area contributed by atoms with Gasteiger partial charge in [-0.3, -0.25) is 4.72 Å². The maximum absolute atomic E-state index is 11.7. The second kappa shape index (κ2) is 4.00. The van der Waals surface area contributed by atoms with Crippen LogP contribution < -0.4 is 4.72 Å². The van der Waals surface area contributed by atoms with E-state index in [9.17, 15) is 8.42 Å². The van der Waals surface area contributed by atoms with Gasteiger partial charge in [-0.05, 0) is 23.6 Å². The summed E-state index contributed by atoms with van der Waals surface area (Å²) in [6.07, 6.45) is 1.50. The molecule has 15 heavy (non-hydrogen) atoms. The van der Waals surface area contributed by atoms with Crippen LogP contribution in [0, 0.1) is 6.07 Å². The van der Waals surface area contributed by atoms with Gasteiger partial charge in [0.1, 0.15) is 10.0 Å². The van der Waals surface area contributed by atoms with E-state index in [2.05, 4.69) is 15.8 Å². The molecule has 0 saturated carbocycles. The molecule has 1 N–H and O–H groups in total. The summed E-state index contributed by atoms with van der Waals surface area (Å²) in [6.45, 7) is 0. The van der Waals surface area contributed by atoms with Gasteiger partial charge >= 0.3 is 0 Å². The van der Waals surface area contributed by atoms with Crippen LogP contribution >= 0.6 is 11.3 Å². The molecule has 0 aliphatic heterocycles. The van der Waals surface area contributed by atoms with E-state index >= 15 is 0 Å². The number of aromatic nitrogens is 1. The Morgan fingerprint density at radius 3 is 2.87 bits per heavy atom. The van der Waals surface area contributed by atoms with Crippen molar-refractivity contribution in [1.82, 2.24) is 4.98 Å². The van der Waals surface area contributed by atoms with Gasteiger partial charge in [-0.1, -0.05) is 6.07 Å². The maximum atomic E-state index is 11.7. The highest BCUT2D eigenvalue weighted by molar-refractivity contribution is 7.94. The van der Waals surface area contributed by atoms with E-state index in [1.54, 1.807) is 23.6 Å². The Labute approximate surface area is 91.7 Å². The van der Waals surface area contributed by atoms with Gasteiger partial charge in [0.15, 0.2) is 0 Å². The molecule has 0 aliphatic rings. The molecular weight excluding hydrogens is 232 g/mol. The predicted octanol–water partition coefficient (Wildman–Crippen LogP) is 1.74. The van der Waals surface area contributed by atoms with Crippen LogP contribution in [0.5, 0.6) is 0 Å². The van der Waals surface area contributed by atoms with Gasteiger partial charge in [-0.2, -0.15) is 0 Å². The average Bonchev–Trinajstić information content (AvgIpc) is 2.71. The van der Waals surface area contributed by atoms with Crippen LogP contribution in [0.2, 0.25) is 0 Å². The molecule has 0 aliphatic carbocycles. The molecule has 0 spiro atoms. The molecule has 77 valence electrons. The van der Waals surface area contributed by atoms with E-state index in [0.29, 0.717) is 0 Å². The summed E-state index contributed by atoms with van der Waals surface area (Å²) in [7, 11) is -3.50. The lowest BCUT2D eigenvalue weighted by Gasteiger charge is -2.03. The minimum atomic E-state index is -3.50. The third-order valence-corrected chi connectivity index (χ3v) is 4.33. The van der Waals surface area contributed by atoms with Crippen molar-refractivity contribution >= 4 is 27.2 Å². The standard InChI is InChI=1S/C9H7N2O2S2/c12-15(13,9-5-3-7-14-9)11-8-4-1-2-6-10-8/h1-3,5-7H,(H,10,11). The lowest BCUT2D eigenvalue weighted by atomic mass is 10.5. The number of thiophene rings is 1. The Bertz CT molecular complexity index is 521. The number of nitrogens with zero attached hydrogens (tertiary/aromatic N) is 1. The van der Waals surface area contributed by atoms with Crippen LogP contribution in [0.4, 0.5) is 5.82 Å². The highest BCUT2D eigenvalue weighted by atomic mass is 32.2. The molecule has 2 heterocycles. The smallest absolute Gasteiger partial charge is 0.262 e. The molecule has 0 atom stereocenters. The molecule has 0 saturated heterocycles. The van der Waals surface area contributed by atoms with Crippen LogP contribution in [0.3, 0.4) is 0 Å². The SMILES string of the molecule is O=S(=O)(Nc1[c]cccn1)c1cccs1. The van der Waals surface area contributed by atoms with Gasteiger partial charge in [0, 0.05) is 12.3 Å². The summed E-state index contributed by atoms with van der Waals surface area (Å²) >= 11 is 1.16. The van der Waals surface area contributed by atoms with Crippen molar-refractivity contribution in [3.8, 4) is 0 Å². The maximum Gasteiger partial charge on any atom is 0.272 e. The highest BCUT2D eigenvalue weighted by Gasteiger charge is 2.15. The quantitative estimate of drug-likeness (QED) is 0.887. The fourth-order valence-corrected chi connectivity index (χ4v) is 2.95. The Morgan fingerprint density at radius 2 is 2.27 bits per heavy atom. The van der Waals surface area contributed by atoms with Crippen molar-refractivity contribution in [3.05, 3.63) is 41.9 Å². The first-order valence-corrected chi connectivity index (χ1v) is 6.44. The topological polar surface area (TPSA) is 59.1 Å². The van der Waals surface area contributed by atoms with Crippen molar-refractivity contribution in [1.29, 1.82) is 0 Å². The molecule has 0 amide bonds. The summed E-state index contributed by atoms with van der Waals surface area (Å²) < 4.78 is 26.0. The molecule has 2 rings (SSSR count). The first kappa shape index (κ1) is 10.1. The number of sulfonamides is 1. The van der Waals surface area contributed by atoms with Crippen LogP contribution in [0.15, 0.2) is 40.1 Å². The lowest BCUT2D eigenvalue weighted by molar-refractivity contribution is 0.603. The highest BCUT2D eigenvalue weighted by Crippen LogP contribution is 2.18. The monoisotopic (exact) mass is 239 g/mol. The number of hydrogen-bond acceptors (Lipinski definition) is 4. The van der Waals surface area contributed by atoms with Crippen molar-refractivity contribution in [2.24, 2.45) is 0 Å². The molecule has 0 aromatic carbocycles. The van der Waals surface area contributed by atoms with Crippen molar-refractivity contribution in [2.75, 3.05) is 4.72 Å². The first-order valence-electron chi connectivity index (χ1n) is 4.07. The molecule has 2 aromatic rings. The third-order valence-electron chi connectivity index (χ3n) is 1.60. The van der Waals surface area contributed by atoms with Gasteiger partial charge < -0.3 is 0 Å².